The number of nitrogens with zero attached hydrogens (tertiary/aromatic N) is 1. The van der Waals surface area contributed by atoms with Crippen LogP contribution in [0.15, 0.2) is 41.0 Å². The van der Waals surface area contributed by atoms with Crippen LogP contribution in [0.5, 0.6) is 6.08 Å². The Bertz CT molecular complexity index is 743. The van der Waals surface area contributed by atoms with E-state index in [2.05, 4.69) is 13.6 Å². The molecule has 0 fully saturated rings. The summed E-state index contributed by atoms with van der Waals surface area (Å²) in [4.78, 5) is 3.54. The minimum absolute atomic E-state index is 0.269. The molecule has 0 aliphatic rings. The van der Waals surface area contributed by atoms with Crippen molar-refractivity contribution in [2.45, 2.75) is 25.0 Å². The molecule has 0 radical (unpaired) electrons. The monoisotopic (exact) mass is 365 g/mol. The molecule has 24 heavy (non-hydrogen) atoms. The fourth-order valence-corrected chi connectivity index (χ4v) is 2.06. The number of aromatic nitrogens is 1. The highest BCUT2D eigenvalue weighted by Crippen LogP contribution is 2.26. The summed E-state index contributed by atoms with van der Waals surface area (Å²) in [5, 5.41) is 0. The van der Waals surface area contributed by atoms with Crippen molar-refractivity contribution in [3.05, 3.63) is 47.9 Å². The first kappa shape index (κ1) is 18.3. The van der Waals surface area contributed by atoms with Crippen LogP contribution in [0.1, 0.15) is 17.7 Å². The molecule has 0 amide bonds. The first-order valence-corrected chi connectivity index (χ1v) is 8.25. The average molecular weight is 365 g/mol. The van der Waals surface area contributed by atoms with Crippen LogP contribution in [-0.4, -0.2) is 25.5 Å². The smallest absolute Gasteiger partial charge is 0.416 e. The molecule has 1 aromatic carbocycles. The zero-order chi connectivity index (χ0) is 17.6. The Balaban J connectivity index is 1.74. The van der Waals surface area contributed by atoms with Crippen LogP contribution in [0.2, 0.25) is 0 Å². The number of oxazole rings is 1. The number of hydrogen-bond acceptors (Lipinski definition) is 6. The lowest BCUT2D eigenvalue weighted by Crippen LogP contribution is -2.28. The van der Waals surface area contributed by atoms with Crippen LogP contribution in [0.3, 0.4) is 0 Å². The molecule has 132 valence electrons. The molecular formula is C14H14F3NO5S. The van der Waals surface area contributed by atoms with Crippen molar-refractivity contribution < 1.29 is 34.9 Å². The summed E-state index contributed by atoms with van der Waals surface area (Å²) in [6.45, 7) is 0.844. The summed E-state index contributed by atoms with van der Waals surface area (Å²) in [6, 6.07) is 9.52. The molecule has 0 N–H and O–H groups in total. The van der Waals surface area contributed by atoms with Crippen molar-refractivity contribution >= 4 is 10.1 Å². The second kappa shape index (κ2) is 7.67. The normalized spacial score (nSPS) is 12.3. The fraction of sp³-hybridized carbons (Fsp3) is 0.357. The minimum atomic E-state index is -5.78. The molecule has 10 heteroatoms. The third-order valence-electron chi connectivity index (χ3n) is 2.83. The van der Waals surface area contributed by atoms with Gasteiger partial charge in [0.15, 0.2) is 0 Å². The predicted octanol–water partition coefficient (Wildman–Crippen LogP) is 3.05. The lowest BCUT2D eigenvalue weighted by atomic mass is 10.2. The Morgan fingerprint density at radius 2 is 1.88 bits per heavy atom. The number of aryl methyl sites for hydroxylation is 1. The zero-order valence-corrected chi connectivity index (χ0v) is 13.1. The van der Waals surface area contributed by atoms with E-state index in [1.807, 2.05) is 30.3 Å². The van der Waals surface area contributed by atoms with Crippen molar-refractivity contribution in [2.24, 2.45) is 0 Å². The van der Waals surface area contributed by atoms with Crippen LogP contribution in [0, 0.1) is 0 Å². The van der Waals surface area contributed by atoms with Crippen LogP contribution >= 0.6 is 0 Å². The topological polar surface area (TPSA) is 78.6 Å². The van der Waals surface area contributed by atoms with Gasteiger partial charge in [0.25, 0.3) is 0 Å². The Morgan fingerprint density at radius 3 is 2.54 bits per heavy atom. The lowest BCUT2D eigenvalue weighted by Gasteiger charge is -2.05. The van der Waals surface area contributed by atoms with E-state index in [-0.39, 0.29) is 5.69 Å². The van der Waals surface area contributed by atoms with Crippen molar-refractivity contribution in [2.75, 3.05) is 6.61 Å². The second-order valence-corrected chi connectivity index (χ2v) is 6.27. The van der Waals surface area contributed by atoms with Gasteiger partial charge in [-0.1, -0.05) is 30.3 Å². The van der Waals surface area contributed by atoms with E-state index in [1.54, 1.807) is 0 Å². The molecule has 2 aromatic rings. The summed E-state index contributed by atoms with van der Waals surface area (Å²) in [5.41, 5.74) is -4.25. The average Bonchev–Trinajstić information content (AvgIpc) is 2.93. The molecule has 0 atom stereocenters. The van der Waals surface area contributed by atoms with E-state index in [1.165, 1.54) is 0 Å². The summed E-state index contributed by atoms with van der Waals surface area (Å²) in [7, 11) is -5.78. The van der Waals surface area contributed by atoms with Crippen LogP contribution in [0.25, 0.3) is 0 Å². The molecule has 0 saturated heterocycles. The lowest BCUT2D eigenvalue weighted by molar-refractivity contribution is -0.0508. The second-order valence-electron chi connectivity index (χ2n) is 4.73. The number of alkyl halides is 3. The van der Waals surface area contributed by atoms with Gasteiger partial charge in [-0.3, -0.25) is 0 Å². The first-order valence-electron chi connectivity index (χ1n) is 6.85. The van der Waals surface area contributed by atoms with Gasteiger partial charge in [0.05, 0.1) is 12.3 Å². The van der Waals surface area contributed by atoms with Crippen LogP contribution in [-0.2, 0) is 27.9 Å². The maximum absolute atomic E-state index is 12.2. The van der Waals surface area contributed by atoms with Gasteiger partial charge in [-0.2, -0.15) is 26.6 Å². The summed E-state index contributed by atoms with van der Waals surface area (Å²) in [6.07, 6.45) is 0.948. The summed E-state index contributed by atoms with van der Waals surface area (Å²) >= 11 is 0. The molecule has 1 heterocycles. The number of rotatable bonds is 8. The highest BCUT2D eigenvalue weighted by atomic mass is 32.2. The molecule has 0 spiro atoms. The van der Waals surface area contributed by atoms with Crippen LogP contribution in [0.4, 0.5) is 13.2 Å². The highest BCUT2D eigenvalue weighted by molar-refractivity contribution is 7.87. The molecule has 0 aliphatic carbocycles. The Hall–Kier alpha value is -2.07. The third kappa shape index (κ3) is 5.24. The largest absolute Gasteiger partial charge is 0.534 e. The van der Waals surface area contributed by atoms with Gasteiger partial charge in [0.1, 0.15) is 6.26 Å². The van der Waals surface area contributed by atoms with Gasteiger partial charge in [-0.15, -0.1) is 0 Å². The maximum Gasteiger partial charge on any atom is 0.534 e. The molecule has 0 aliphatic heterocycles. The van der Waals surface area contributed by atoms with Crippen molar-refractivity contribution in [1.82, 2.24) is 4.98 Å². The van der Waals surface area contributed by atoms with Gasteiger partial charge >= 0.3 is 21.7 Å². The highest BCUT2D eigenvalue weighted by Gasteiger charge is 2.49. The third-order valence-corrected chi connectivity index (χ3v) is 3.76. The van der Waals surface area contributed by atoms with Crippen molar-refractivity contribution in [3.8, 4) is 6.08 Å². The van der Waals surface area contributed by atoms with E-state index in [4.69, 9.17) is 4.74 Å². The van der Waals surface area contributed by atoms with Crippen molar-refractivity contribution in [1.29, 1.82) is 0 Å². The van der Waals surface area contributed by atoms with Crippen LogP contribution < -0.4 is 4.18 Å². The molecular weight excluding hydrogens is 351 g/mol. The van der Waals surface area contributed by atoms with Gasteiger partial charge in [0, 0.05) is 6.61 Å². The van der Waals surface area contributed by atoms with E-state index in [0.29, 0.717) is 26.1 Å². The molecule has 0 saturated carbocycles. The standard InChI is InChI=1S/C14H14F3NO5S/c15-14(16,17)24(19,20)23-13-18-12(10-22-13)7-4-8-21-9-11-5-2-1-3-6-11/h1-3,5-6,10H,4,7-9H2. The fourth-order valence-electron chi connectivity index (χ4n) is 1.70. The number of ether oxygens (including phenoxy) is 1. The van der Waals surface area contributed by atoms with E-state index >= 15 is 0 Å². The van der Waals surface area contributed by atoms with Gasteiger partial charge in [0.2, 0.25) is 0 Å². The molecule has 0 unspecified atom stereocenters. The predicted molar refractivity (Wildman–Crippen MR) is 76.5 cm³/mol. The zero-order valence-electron chi connectivity index (χ0n) is 12.3. The number of benzene rings is 1. The Morgan fingerprint density at radius 1 is 1.17 bits per heavy atom. The van der Waals surface area contributed by atoms with Gasteiger partial charge in [-0.05, 0) is 18.4 Å². The maximum atomic E-state index is 12.2. The van der Waals surface area contributed by atoms with E-state index < -0.39 is 21.7 Å². The van der Waals surface area contributed by atoms with E-state index in [9.17, 15) is 21.6 Å². The molecule has 1 aromatic heterocycles. The SMILES string of the molecule is O=S(=O)(Oc1nc(CCCOCc2ccccc2)co1)C(F)(F)F. The van der Waals surface area contributed by atoms with Gasteiger partial charge < -0.3 is 13.3 Å². The Labute approximate surface area is 136 Å². The first-order chi connectivity index (χ1) is 11.3. The minimum Gasteiger partial charge on any atom is -0.416 e. The van der Waals surface area contributed by atoms with Gasteiger partial charge in [-0.25, -0.2) is 0 Å². The number of halogens is 3. The summed E-state index contributed by atoms with van der Waals surface area (Å²) < 4.78 is 71.8. The Kier molecular flexibility index (Phi) is 5.84. The molecule has 2 rings (SSSR count). The molecule has 0 bridgehead atoms. The van der Waals surface area contributed by atoms with Crippen molar-refractivity contribution in [3.63, 3.8) is 0 Å². The summed E-state index contributed by atoms with van der Waals surface area (Å²) in [5.74, 6) is 0. The molecule has 6 nitrogen and oxygen atoms in total. The van der Waals surface area contributed by atoms with E-state index in [0.717, 1.165) is 11.8 Å². The quantitative estimate of drug-likeness (QED) is 0.406. The number of hydrogen-bond donors (Lipinski definition) is 0.